The summed E-state index contributed by atoms with van der Waals surface area (Å²) in [5.41, 5.74) is 0.560. The van der Waals surface area contributed by atoms with E-state index in [1.807, 2.05) is 6.92 Å². The van der Waals surface area contributed by atoms with Crippen molar-refractivity contribution in [2.75, 3.05) is 25.5 Å². The highest BCUT2D eigenvalue weighted by Gasteiger charge is 2.34. The predicted molar refractivity (Wildman–Crippen MR) is 100.0 cm³/mol. The highest BCUT2D eigenvalue weighted by Crippen LogP contribution is 2.28. The van der Waals surface area contributed by atoms with Crippen LogP contribution < -0.4 is 10.1 Å². The Balaban J connectivity index is 1.68. The van der Waals surface area contributed by atoms with Crippen molar-refractivity contribution in [2.24, 2.45) is 5.92 Å². The Kier molecular flexibility index (Phi) is 5.59. The van der Waals surface area contributed by atoms with Crippen molar-refractivity contribution < 1.29 is 17.9 Å². The molecule has 26 heavy (non-hydrogen) atoms. The minimum Gasteiger partial charge on any atom is -0.481 e. The first kappa shape index (κ1) is 18.8. The van der Waals surface area contributed by atoms with E-state index >= 15 is 0 Å². The van der Waals surface area contributed by atoms with E-state index in [-0.39, 0.29) is 18.4 Å². The van der Waals surface area contributed by atoms with Gasteiger partial charge in [-0.3, -0.25) is 4.79 Å². The molecule has 3 rings (SSSR count). The third-order valence-electron chi connectivity index (χ3n) is 4.28. The van der Waals surface area contributed by atoms with Crippen LogP contribution in [0.1, 0.15) is 17.7 Å². The van der Waals surface area contributed by atoms with Gasteiger partial charge in [0.2, 0.25) is 11.8 Å². The number of ether oxygens (including phenoxy) is 1. The quantitative estimate of drug-likeness (QED) is 0.840. The Morgan fingerprint density at radius 1 is 1.35 bits per heavy atom. The molecule has 1 N–H and O–H groups in total. The SMILES string of the molecule is COc1ccc(NC(=O)C2CCCN(S(=O)(=O)c3ccc(C)s3)C2)cn1. The molecular weight excluding hydrogens is 374 g/mol. The molecule has 2 aromatic heterocycles. The fourth-order valence-electron chi connectivity index (χ4n) is 2.87. The van der Waals surface area contributed by atoms with Crippen molar-refractivity contribution in [1.29, 1.82) is 0 Å². The van der Waals surface area contributed by atoms with Gasteiger partial charge < -0.3 is 10.1 Å². The lowest BCUT2D eigenvalue weighted by Crippen LogP contribution is -2.43. The molecule has 1 amide bonds. The van der Waals surface area contributed by atoms with E-state index < -0.39 is 10.0 Å². The molecule has 0 saturated carbocycles. The van der Waals surface area contributed by atoms with E-state index in [4.69, 9.17) is 4.74 Å². The first-order valence-electron chi connectivity index (χ1n) is 8.27. The molecule has 7 nitrogen and oxygen atoms in total. The number of rotatable bonds is 5. The summed E-state index contributed by atoms with van der Waals surface area (Å²) in [5, 5.41) is 2.80. The summed E-state index contributed by atoms with van der Waals surface area (Å²) in [6.45, 7) is 2.50. The van der Waals surface area contributed by atoms with Crippen LogP contribution in [0, 0.1) is 12.8 Å². The molecule has 0 aromatic carbocycles. The molecule has 1 atom stereocenters. The second-order valence-electron chi connectivity index (χ2n) is 6.15. The maximum absolute atomic E-state index is 12.8. The maximum atomic E-state index is 12.8. The van der Waals surface area contributed by atoms with Crippen molar-refractivity contribution in [3.8, 4) is 5.88 Å². The first-order valence-corrected chi connectivity index (χ1v) is 10.5. The van der Waals surface area contributed by atoms with Gasteiger partial charge in [-0.2, -0.15) is 4.31 Å². The lowest BCUT2D eigenvalue weighted by molar-refractivity contribution is -0.120. The van der Waals surface area contributed by atoms with Gasteiger partial charge in [-0.1, -0.05) is 0 Å². The van der Waals surface area contributed by atoms with Crippen LogP contribution in [0.25, 0.3) is 0 Å². The van der Waals surface area contributed by atoms with Gasteiger partial charge in [0.15, 0.2) is 0 Å². The minimum atomic E-state index is -3.55. The highest BCUT2D eigenvalue weighted by molar-refractivity contribution is 7.91. The highest BCUT2D eigenvalue weighted by atomic mass is 32.2. The fraction of sp³-hybridized carbons (Fsp3) is 0.412. The van der Waals surface area contributed by atoms with Crippen LogP contribution in [0.5, 0.6) is 5.88 Å². The van der Waals surface area contributed by atoms with Crippen LogP contribution in [-0.2, 0) is 14.8 Å². The number of aryl methyl sites for hydroxylation is 1. The van der Waals surface area contributed by atoms with E-state index in [1.54, 1.807) is 24.3 Å². The van der Waals surface area contributed by atoms with Crippen LogP contribution >= 0.6 is 11.3 Å². The number of aromatic nitrogens is 1. The van der Waals surface area contributed by atoms with Crippen molar-refractivity contribution in [3.63, 3.8) is 0 Å². The third-order valence-corrected chi connectivity index (χ3v) is 7.61. The van der Waals surface area contributed by atoms with E-state index in [9.17, 15) is 13.2 Å². The fourth-order valence-corrected chi connectivity index (χ4v) is 5.83. The summed E-state index contributed by atoms with van der Waals surface area (Å²) in [4.78, 5) is 17.5. The molecular formula is C17H21N3O4S2. The van der Waals surface area contributed by atoms with Crippen molar-refractivity contribution in [1.82, 2.24) is 9.29 Å². The zero-order valence-electron chi connectivity index (χ0n) is 14.6. The Hall–Kier alpha value is -1.97. The van der Waals surface area contributed by atoms with Gasteiger partial charge in [0.05, 0.1) is 24.9 Å². The smallest absolute Gasteiger partial charge is 0.252 e. The molecule has 3 heterocycles. The van der Waals surface area contributed by atoms with Crippen molar-refractivity contribution in [3.05, 3.63) is 35.3 Å². The van der Waals surface area contributed by atoms with E-state index in [0.29, 0.717) is 35.2 Å². The second kappa shape index (κ2) is 7.73. The average Bonchev–Trinajstić information content (AvgIpc) is 3.10. The molecule has 1 fully saturated rings. The molecule has 1 unspecified atom stereocenters. The number of anilines is 1. The van der Waals surface area contributed by atoms with E-state index in [2.05, 4.69) is 10.3 Å². The Bertz CT molecular complexity index is 878. The number of carbonyl (C=O) groups is 1. The van der Waals surface area contributed by atoms with Gasteiger partial charge in [-0.25, -0.2) is 13.4 Å². The predicted octanol–water partition coefficient (Wildman–Crippen LogP) is 2.50. The number of piperidine rings is 1. The summed E-state index contributed by atoms with van der Waals surface area (Å²) >= 11 is 1.25. The zero-order valence-corrected chi connectivity index (χ0v) is 16.3. The Morgan fingerprint density at radius 3 is 2.77 bits per heavy atom. The molecule has 140 valence electrons. The molecule has 2 aromatic rings. The standard InChI is InChI=1S/C17H21N3O4S2/c1-12-5-8-16(25-12)26(22,23)20-9-3-4-13(11-20)17(21)19-14-6-7-15(24-2)18-10-14/h5-8,10,13H,3-4,9,11H2,1-2H3,(H,19,21). The van der Waals surface area contributed by atoms with Crippen LogP contribution in [0.3, 0.4) is 0 Å². The number of nitrogens with zero attached hydrogens (tertiary/aromatic N) is 2. The van der Waals surface area contributed by atoms with Crippen LogP contribution in [0.4, 0.5) is 5.69 Å². The van der Waals surface area contributed by atoms with Gasteiger partial charge in [0.1, 0.15) is 4.21 Å². The first-order chi connectivity index (χ1) is 12.4. The lowest BCUT2D eigenvalue weighted by atomic mass is 9.99. The number of methoxy groups -OCH3 is 1. The number of amides is 1. The summed E-state index contributed by atoms with van der Waals surface area (Å²) in [6.07, 6.45) is 2.83. The third kappa shape index (κ3) is 4.05. The topological polar surface area (TPSA) is 88.6 Å². The Labute approximate surface area is 157 Å². The minimum absolute atomic E-state index is 0.189. The Morgan fingerprint density at radius 2 is 2.15 bits per heavy atom. The molecule has 9 heteroatoms. The summed E-state index contributed by atoms with van der Waals surface area (Å²) in [7, 11) is -2.03. The largest absolute Gasteiger partial charge is 0.481 e. The number of hydrogen-bond acceptors (Lipinski definition) is 6. The molecule has 0 spiro atoms. The summed E-state index contributed by atoms with van der Waals surface area (Å²) < 4.78 is 32.3. The molecule has 0 aliphatic carbocycles. The van der Waals surface area contributed by atoms with Gasteiger partial charge >= 0.3 is 0 Å². The van der Waals surface area contributed by atoms with Crippen LogP contribution in [-0.4, -0.2) is 43.8 Å². The van der Waals surface area contributed by atoms with E-state index in [1.165, 1.54) is 28.9 Å². The van der Waals surface area contributed by atoms with Crippen molar-refractivity contribution in [2.45, 2.75) is 24.0 Å². The number of sulfonamides is 1. The molecule has 0 bridgehead atoms. The van der Waals surface area contributed by atoms with E-state index in [0.717, 1.165) is 4.88 Å². The number of carbonyl (C=O) groups excluding carboxylic acids is 1. The van der Waals surface area contributed by atoms with Crippen LogP contribution in [0.2, 0.25) is 0 Å². The number of pyridine rings is 1. The van der Waals surface area contributed by atoms with Crippen molar-refractivity contribution >= 4 is 33.0 Å². The number of nitrogens with one attached hydrogen (secondary N) is 1. The number of thiophene rings is 1. The van der Waals surface area contributed by atoms with Gasteiger partial charge in [-0.05, 0) is 38.0 Å². The van der Waals surface area contributed by atoms with Crippen LogP contribution in [0.15, 0.2) is 34.7 Å². The monoisotopic (exact) mass is 395 g/mol. The average molecular weight is 396 g/mol. The molecule has 1 aliphatic rings. The lowest BCUT2D eigenvalue weighted by Gasteiger charge is -2.30. The molecule has 1 aliphatic heterocycles. The van der Waals surface area contributed by atoms with Gasteiger partial charge in [-0.15, -0.1) is 11.3 Å². The summed E-state index contributed by atoms with van der Waals surface area (Å²) in [5.74, 6) is -0.120. The van der Waals surface area contributed by atoms with Gasteiger partial charge in [0.25, 0.3) is 10.0 Å². The molecule has 1 saturated heterocycles. The second-order valence-corrected chi connectivity index (χ2v) is 9.60. The summed E-state index contributed by atoms with van der Waals surface area (Å²) in [6, 6.07) is 6.78. The zero-order chi connectivity index (χ0) is 18.7. The number of hydrogen-bond donors (Lipinski definition) is 1. The maximum Gasteiger partial charge on any atom is 0.252 e. The normalized spacial score (nSPS) is 18.5. The molecule has 0 radical (unpaired) electrons. The van der Waals surface area contributed by atoms with Gasteiger partial charge in [0, 0.05) is 24.0 Å².